The van der Waals surface area contributed by atoms with E-state index >= 15 is 0 Å². The van der Waals surface area contributed by atoms with Crippen molar-refractivity contribution in [3.05, 3.63) is 65.3 Å². The van der Waals surface area contributed by atoms with Gasteiger partial charge in [0.25, 0.3) is 0 Å². The Morgan fingerprint density at radius 1 is 0.913 bits per heavy atom. The van der Waals surface area contributed by atoms with Gasteiger partial charge >= 0.3 is 0 Å². The fraction of sp³-hybridized carbons (Fsp3) is 0. The first-order valence-electron chi connectivity index (χ1n) is 6.40. The molecule has 0 aliphatic carbocycles. The molecule has 0 fully saturated rings. The third-order valence-corrected chi connectivity index (χ3v) is 3.12. The van der Waals surface area contributed by atoms with E-state index < -0.39 is 17.5 Å². The number of pyridine rings is 1. The van der Waals surface area contributed by atoms with E-state index in [9.17, 15) is 13.2 Å². The number of nitrogens with zero attached hydrogens (tertiary/aromatic N) is 3. The van der Waals surface area contributed by atoms with Crippen molar-refractivity contribution in [2.75, 3.05) is 5.32 Å². The molecule has 4 nitrogen and oxygen atoms in total. The Morgan fingerprint density at radius 3 is 2.39 bits per heavy atom. The third-order valence-electron chi connectivity index (χ3n) is 2.93. The molecule has 0 aliphatic heterocycles. The Bertz CT molecular complexity index is 859. The largest absolute Gasteiger partial charge is 0.338 e. The fourth-order valence-electron chi connectivity index (χ4n) is 1.87. The summed E-state index contributed by atoms with van der Waals surface area (Å²) in [6.07, 6.45) is 3.11. The smallest absolute Gasteiger partial charge is 0.196 e. The number of benzene rings is 1. The first-order chi connectivity index (χ1) is 11.0. The molecule has 0 spiro atoms. The van der Waals surface area contributed by atoms with Gasteiger partial charge in [0.05, 0.1) is 5.69 Å². The van der Waals surface area contributed by atoms with Gasteiger partial charge in [0.2, 0.25) is 0 Å². The SMILES string of the molecule is Fc1ccc(Nc2cc(Cl)nc(-c3ccncc3)n2)c(F)c1F. The van der Waals surface area contributed by atoms with E-state index in [2.05, 4.69) is 20.3 Å². The number of anilines is 2. The van der Waals surface area contributed by atoms with E-state index in [1.165, 1.54) is 6.07 Å². The van der Waals surface area contributed by atoms with Gasteiger partial charge in [-0.2, -0.15) is 0 Å². The van der Waals surface area contributed by atoms with Crippen LogP contribution in [0.15, 0.2) is 42.7 Å². The lowest BCUT2D eigenvalue weighted by molar-refractivity contribution is 0.449. The van der Waals surface area contributed by atoms with Crippen molar-refractivity contribution in [1.82, 2.24) is 15.0 Å². The molecule has 1 aromatic carbocycles. The number of halogens is 4. The van der Waals surface area contributed by atoms with Crippen LogP contribution in [0.2, 0.25) is 5.15 Å². The molecule has 116 valence electrons. The highest BCUT2D eigenvalue weighted by Crippen LogP contribution is 2.25. The van der Waals surface area contributed by atoms with Crippen LogP contribution < -0.4 is 5.32 Å². The highest BCUT2D eigenvalue weighted by molar-refractivity contribution is 6.29. The van der Waals surface area contributed by atoms with Crippen molar-refractivity contribution >= 4 is 23.1 Å². The molecule has 0 aliphatic rings. The number of nitrogens with one attached hydrogen (secondary N) is 1. The Labute approximate surface area is 134 Å². The summed E-state index contributed by atoms with van der Waals surface area (Å²) in [5.74, 6) is -3.76. The van der Waals surface area contributed by atoms with Crippen molar-refractivity contribution < 1.29 is 13.2 Å². The summed E-state index contributed by atoms with van der Waals surface area (Å²) in [5.41, 5.74) is 0.385. The van der Waals surface area contributed by atoms with Crippen LogP contribution in [0.25, 0.3) is 11.4 Å². The number of aromatic nitrogens is 3. The highest BCUT2D eigenvalue weighted by atomic mass is 35.5. The van der Waals surface area contributed by atoms with Gasteiger partial charge in [0.1, 0.15) is 11.0 Å². The summed E-state index contributed by atoms with van der Waals surface area (Å²) in [5, 5.41) is 2.67. The Morgan fingerprint density at radius 2 is 1.65 bits per heavy atom. The molecule has 0 bridgehead atoms. The molecule has 2 aromatic heterocycles. The average molecular weight is 337 g/mol. The topological polar surface area (TPSA) is 50.7 Å². The van der Waals surface area contributed by atoms with Gasteiger partial charge in [-0.15, -0.1) is 0 Å². The summed E-state index contributed by atoms with van der Waals surface area (Å²) in [6, 6.07) is 6.57. The first kappa shape index (κ1) is 15.2. The van der Waals surface area contributed by atoms with Crippen molar-refractivity contribution in [2.45, 2.75) is 0 Å². The molecular formula is C15H8ClF3N4. The van der Waals surface area contributed by atoms with Gasteiger partial charge in [0.15, 0.2) is 23.3 Å². The van der Waals surface area contributed by atoms with Crippen LogP contribution in [0.3, 0.4) is 0 Å². The summed E-state index contributed by atoms with van der Waals surface area (Å²) < 4.78 is 39.9. The molecular weight excluding hydrogens is 329 g/mol. The van der Waals surface area contributed by atoms with Crippen LogP contribution in [0, 0.1) is 17.5 Å². The van der Waals surface area contributed by atoms with Crippen molar-refractivity contribution in [2.24, 2.45) is 0 Å². The van der Waals surface area contributed by atoms with E-state index in [4.69, 9.17) is 11.6 Å². The maximum atomic E-state index is 13.7. The van der Waals surface area contributed by atoms with Gasteiger partial charge in [-0.05, 0) is 24.3 Å². The van der Waals surface area contributed by atoms with Gasteiger partial charge in [0, 0.05) is 24.0 Å². The van der Waals surface area contributed by atoms with Crippen LogP contribution >= 0.6 is 11.6 Å². The quantitative estimate of drug-likeness (QED) is 0.570. The predicted molar refractivity (Wildman–Crippen MR) is 79.9 cm³/mol. The van der Waals surface area contributed by atoms with Crippen molar-refractivity contribution in [3.63, 3.8) is 0 Å². The number of hydrogen-bond acceptors (Lipinski definition) is 4. The maximum Gasteiger partial charge on any atom is 0.196 e. The van der Waals surface area contributed by atoms with Crippen molar-refractivity contribution in [3.8, 4) is 11.4 Å². The Kier molecular flexibility index (Phi) is 4.12. The molecule has 3 rings (SSSR count). The second kappa shape index (κ2) is 6.21. The van der Waals surface area contributed by atoms with Crippen molar-refractivity contribution in [1.29, 1.82) is 0 Å². The van der Waals surface area contributed by atoms with E-state index in [1.807, 2.05) is 0 Å². The molecule has 2 heterocycles. The zero-order valence-electron chi connectivity index (χ0n) is 11.4. The minimum absolute atomic E-state index is 0.109. The van der Waals surface area contributed by atoms with Gasteiger partial charge in [-0.25, -0.2) is 23.1 Å². The van der Waals surface area contributed by atoms with Crippen LogP contribution in [-0.2, 0) is 0 Å². The summed E-state index contributed by atoms with van der Waals surface area (Å²) in [7, 11) is 0. The minimum Gasteiger partial charge on any atom is -0.338 e. The highest BCUT2D eigenvalue weighted by Gasteiger charge is 2.14. The Hall–Kier alpha value is -2.67. The monoisotopic (exact) mass is 336 g/mol. The molecule has 0 saturated carbocycles. The molecule has 8 heteroatoms. The molecule has 1 N–H and O–H groups in total. The molecule has 23 heavy (non-hydrogen) atoms. The molecule has 3 aromatic rings. The molecule has 0 radical (unpaired) electrons. The van der Waals surface area contributed by atoms with E-state index in [1.54, 1.807) is 24.5 Å². The van der Waals surface area contributed by atoms with Crippen LogP contribution in [0.4, 0.5) is 24.7 Å². The van der Waals surface area contributed by atoms with Gasteiger partial charge in [-0.3, -0.25) is 4.98 Å². The Balaban J connectivity index is 1.98. The standard InChI is InChI=1S/C15H8ClF3N4/c16-11-7-12(21-10-2-1-9(17)13(18)14(10)19)23-15(22-11)8-3-5-20-6-4-8/h1-7H,(H,21,22,23). The third kappa shape index (κ3) is 3.24. The second-order valence-corrected chi connectivity index (χ2v) is 4.87. The number of hydrogen-bond donors (Lipinski definition) is 1. The first-order valence-corrected chi connectivity index (χ1v) is 6.78. The minimum atomic E-state index is -1.57. The van der Waals surface area contributed by atoms with E-state index in [-0.39, 0.29) is 22.5 Å². The summed E-state index contributed by atoms with van der Waals surface area (Å²) >= 11 is 5.93. The average Bonchev–Trinajstić information content (AvgIpc) is 2.56. The maximum absolute atomic E-state index is 13.7. The van der Waals surface area contributed by atoms with Gasteiger partial charge in [-0.1, -0.05) is 11.6 Å². The number of rotatable bonds is 3. The molecule has 0 unspecified atom stereocenters. The van der Waals surface area contributed by atoms with Crippen LogP contribution in [-0.4, -0.2) is 15.0 Å². The summed E-state index contributed by atoms with van der Waals surface area (Å²) in [6.45, 7) is 0. The molecule has 0 saturated heterocycles. The second-order valence-electron chi connectivity index (χ2n) is 4.48. The zero-order valence-corrected chi connectivity index (χ0v) is 12.2. The lowest BCUT2D eigenvalue weighted by Gasteiger charge is -2.09. The van der Waals surface area contributed by atoms with E-state index in [0.717, 1.165) is 12.1 Å². The molecule has 0 amide bonds. The lowest BCUT2D eigenvalue weighted by atomic mass is 10.2. The van der Waals surface area contributed by atoms with E-state index in [0.29, 0.717) is 5.56 Å². The van der Waals surface area contributed by atoms with Crippen LogP contribution in [0.1, 0.15) is 0 Å². The predicted octanol–water partition coefficient (Wildman–Crippen LogP) is 4.35. The normalized spacial score (nSPS) is 10.6. The summed E-state index contributed by atoms with van der Waals surface area (Å²) in [4.78, 5) is 12.1. The lowest BCUT2D eigenvalue weighted by Crippen LogP contribution is -2.02. The van der Waals surface area contributed by atoms with Crippen LogP contribution in [0.5, 0.6) is 0 Å². The fourth-order valence-corrected chi connectivity index (χ4v) is 2.06. The molecule has 0 atom stereocenters. The van der Waals surface area contributed by atoms with Gasteiger partial charge < -0.3 is 5.32 Å². The zero-order chi connectivity index (χ0) is 16.4.